The Kier molecular flexibility index (Phi) is 4.25. The molecule has 0 amide bonds. The fourth-order valence-electron chi connectivity index (χ4n) is 5.85. The Bertz CT molecular complexity index is 710. The lowest BCUT2D eigenvalue weighted by molar-refractivity contribution is -0.232. The molecule has 1 saturated heterocycles. The van der Waals surface area contributed by atoms with Crippen LogP contribution in [0.1, 0.15) is 44.3 Å². The average molecular weight is 362 g/mol. The highest BCUT2D eigenvalue weighted by atomic mass is 16.5. The van der Waals surface area contributed by atoms with Crippen molar-refractivity contribution in [2.45, 2.75) is 44.8 Å². The van der Waals surface area contributed by atoms with Crippen molar-refractivity contribution < 1.29 is 29.3 Å². The van der Waals surface area contributed by atoms with Gasteiger partial charge in [0.05, 0.1) is 42.2 Å². The van der Waals surface area contributed by atoms with Crippen LogP contribution in [0, 0.1) is 22.7 Å². The van der Waals surface area contributed by atoms with E-state index in [1.165, 1.54) is 12.5 Å². The lowest BCUT2D eigenvalue weighted by Gasteiger charge is -2.63. The SMILES string of the molecule is C[C@@H]1C[C@@H](O)[C@]23COC(=O)[C@@]1(C[C@H](O)c1ccoc1)[C@H]2CCC=C3CO. The van der Waals surface area contributed by atoms with Crippen LogP contribution in [0.3, 0.4) is 0 Å². The van der Waals surface area contributed by atoms with Crippen molar-refractivity contribution in [1.82, 2.24) is 0 Å². The van der Waals surface area contributed by atoms with Crippen molar-refractivity contribution in [3.05, 3.63) is 35.8 Å². The molecule has 0 unspecified atom stereocenters. The number of carbonyl (C=O) groups is 1. The highest BCUT2D eigenvalue weighted by Crippen LogP contribution is 2.65. The average Bonchev–Trinajstić information content (AvgIpc) is 3.17. The predicted octanol–water partition coefficient (Wildman–Crippen LogP) is 1.96. The second-order valence-electron chi connectivity index (χ2n) is 8.10. The highest BCUT2D eigenvalue weighted by Gasteiger charge is 2.69. The summed E-state index contributed by atoms with van der Waals surface area (Å²) in [5.41, 5.74) is -0.231. The molecule has 1 aromatic rings. The van der Waals surface area contributed by atoms with Crippen LogP contribution in [-0.2, 0) is 9.53 Å². The molecule has 2 aliphatic carbocycles. The molecule has 6 nitrogen and oxygen atoms in total. The van der Waals surface area contributed by atoms with E-state index < -0.39 is 23.0 Å². The smallest absolute Gasteiger partial charge is 0.312 e. The van der Waals surface area contributed by atoms with Gasteiger partial charge in [-0.3, -0.25) is 4.79 Å². The summed E-state index contributed by atoms with van der Waals surface area (Å²) in [6.45, 7) is 1.90. The van der Waals surface area contributed by atoms with Crippen molar-refractivity contribution in [2.75, 3.05) is 13.2 Å². The molecule has 2 fully saturated rings. The lowest BCUT2D eigenvalue weighted by Crippen LogP contribution is -2.67. The number of carbonyl (C=O) groups excluding carboxylic acids is 1. The fourth-order valence-corrected chi connectivity index (χ4v) is 5.85. The van der Waals surface area contributed by atoms with E-state index >= 15 is 0 Å². The van der Waals surface area contributed by atoms with Crippen LogP contribution in [0.2, 0.25) is 0 Å². The van der Waals surface area contributed by atoms with E-state index in [0.29, 0.717) is 12.0 Å². The summed E-state index contributed by atoms with van der Waals surface area (Å²) in [5, 5.41) is 31.7. The van der Waals surface area contributed by atoms with Gasteiger partial charge in [0.2, 0.25) is 0 Å². The first kappa shape index (κ1) is 17.8. The number of aliphatic hydroxyl groups excluding tert-OH is 3. The van der Waals surface area contributed by atoms with E-state index in [0.717, 1.165) is 18.4 Å². The van der Waals surface area contributed by atoms with Crippen LogP contribution >= 0.6 is 0 Å². The summed E-state index contributed by atoms with van der Waals surface area (Å²) in [6.07, 6.45) is 5.60. The monoisotopic (exact) mass is 362 g/mol. The fraction of sp³-hybridized carbons (Fsp3) is 0.650. The molecule has 1 aliphatic heterocycles. The molecule has 6 heteroatoms. The topological polar surface area (TPSA) is 100 Å². The van der Waals surface area contributed by atoms with E-state index in [9.17, 15) is 20.1 Å². The molecule has 2 heterocycles. The molecule has 3 N–H and O–H groups in total. The Hall–Kier alpha value is -1.63. The maximum Gasteiger partial charge on any atom is 0.312 e. The van der Waals surface area contributed by atoms with Gasteiger partial charge >= 0.3 is 5.97 Å². The largest absolute Gasteiger partial charge is 0.472 e. The molecule has 4 rings (SSSR count). The Morgan fingerprint density at radius 2 is 2.23 bits per heavy atom. The minimum Gasteiger partial charge on any atom is -0.472 e. The molecular weight excluding hydrogens is 336 g/mol. The van der Waals surface area contributed by atoms with Gasteiger partial charge in [-0.05, 0) is 49.2 Å². The summed E-state index contributed by atoms with van der Waals surface area (Å²) in [6, 6.07) is 1.70. The van der Waals surface area contributed by atoms with Crippen molar-refractivity contribution in [2.24, 2.45) is 22.7 Å². The van der Waals surface area contributed by atoms with E-state index in [1.54, 1.807) is 6.07 Å². The van der Waals surface area contributed by atoms with Gasteiger partial charge in [-0.1, -0.05) is 13.0 Å². The second kappa shape index (κ2) is 6.22. The van der Waals surface area contributed by atoms with Crippen LogP contribution in [0.15, 0.2) is 34.7 Å². The minimum atomic E-state index is -0.886. The molecule has 0 radical (unpaired) electrons. The molecule has 1 saturated carbocycles. The van der Waals surface area contributed by atoms with Gasteiger partial charge in [0.25, 0.3) is 0 Å². The van der Waals surface area contributed by atoms with Gasteiger partial charge in [-0.15, -0.1) is 0 Å². The van der Waals surface area contributed by atoms with Crippen LogP contribution in [0.5, 0.6) is 0 Å². The number of hydrogen-bond donors (Lipinski definition) is 3. The number of cyclic esters (lactones) is 1. The van der Waals surface area contributed by atoms with Crippen LogP contribution in [0.4, 0.5) is 0 Å². The van der Waals surface area contributed by atoms with Crippen molar-refractivity contribution in [3.63, 3.8) is 0 Å². The molecule has 1 aromatic heterocycles. The molecule has 26 heavy (non-hydrogen) atoms. The molecular formula is C20H26O6. The maximum atomic E-state index is 13.1. The highest BCUT2D eigenvalue weighted by molar-refractivity contribution is 5.80. The van der Waals surface area contributed by atoms with Gasteiger partial charge in [0, 0.05) is 5.56 Å². The zero-order valence-corrected chi connectivity index (χ0v) is 14.9. The van der Waals surface area contributed by atoms with Crippen molar-refractivity contribution in [1.29, 1.82) is 0 Å². The van der Waals surface area contributed by atoms with Crippen molar-refractivity contribution in [3.8, 4) is 0 Å². The summed E-state index contributed by atoms with van der Waals surface area (Å²) in [5.74, 6) is -0.592. The molecule has 0 spiro atoms. The Labute approximate surface area is 152 Å². The van der Waals surface area contributed by atoms with Crippen LogP contribution < -0.4 is 0 Å². The summed E-state index contributed by atoms with van der Waals surface area (Å²) in [7, 11) is 0. The first-order valence-corrected chi connectivity index (χ1v) is 9.32. The van der Waals surface area contributed by atoms with E-state index in [-0.39, 0.29) is 37.4 Å². The minimum absolute atomic E-state index is 0.0976. The number of allylic oxidation sites excluding steroid dienone is 1. The number of ether oxygens (including phenoxy) is 1. The maximum absolute atomic E-state index is 13.1. The molecule has 6 atom stereocenters. The van der Waals surface area contributed by atoms with E-state index in [2.05, 4.69) is 0 Å². The van der Waals surface area contributed by atoms with Crippen molar-refractivity contribution >= 4 is 5.97 Å². The Morgan fingerprint density at radius 1 is 1.42 bits per heavy atom. The number of furan rings is 1. The van der Waals surface area contributed by atoms with Crippen LogP contribution in [-0.4, -0.2) is 40.6 Å². The Balaban J connectivity index is 1.80. The summed E-state index contributed by atoms with van der Waals surface area (Å²) >= 11 is 0. The van der Waals surface area contributed by atoms with Gasteiger partial charge in [0.1, 0.15) is 6.61 Å². The van der Waals surface area contributed by atoms with Gasteiger partial charge in [-0.25, -0.2) is 0 Å². The summed E-state index contributed by atoms with van der Waals surface area (Å²) in [4.78, 5) is 13.1. The lowest BCUT2D eigenvalue weighted by atomic mass is 9.43. The molecule has 0 aromatic carbocycles. The van der Waals surface area contributed by atoms with E-state index in [1.807, 2.05) is 13.0 Å². The zero-order valence-electron chi connectivity index (χ0n) is 14.9. The normalized spacial score (nSPS) is 40.4. The number of aliphatic hydroxyl groups is 3. The zero-order chi connectivity index (χ0) is 18.5. The van der Waals surface area contributed by atoms with Gasteiger partial charge < -0.3 is 24.5 Å². The quantitative estimate of drug-likeness (QED) is 0.559. The standard InChI is InChI=1S/C20H26O6/c1-12-7-17(23)20-11-26-18(24)19(12,8-15(22)13-5-6-25-10-13)16(20)4-2-3-14(20)9-21/h3,5-6,10,12,15-17,21-23H,2,4,7-9,11H2,1H3/t12-,15+,16-,17-,19-,20+/m1/s1. The Morgan fingerprint density at radius 3 is 2.92 bits per heavy atom. The first-order chi connectivity index (χ1) is 12.5. The predicted molar refractivity (Wildman–Crippen MR) is 91.8 cm³/mol. The third kappa shape index (κ3) is 2.19. The molecule has 142 valence electrons. The number of rotatable bonds is 4. The molecule has 2 bridgehead atoms. The summed E-state index contributed by atoms with van der Waals surface area (Å²) < 4.78 is 10.7. The second-order valence-corrected chi connectivity index (χ2v) is 8.10. The van der Waals surface area contributed by atoms with Gasteiger partial charge in [-0.2, -0.15) is 0 Å². The third-order valence-electron chi connectivity index (χ3n) is 7.19. The van der Waals surface area contributed by atoms with Gasteiger partial charge in [0.15, 0.2) is 0 Å². The number of esters is 1. The molecule has 3 aliphatic rings. The first-order valence-electron chi connectivity index (χ1n) is 9.32. The van der Waals surface area contributed by atoms with Crippen LogP contribution in [0.25, 0.3) is 0 Å². The third-order valence-corrected chi connectivity index (χ3v) is 7.19. The van der Waals surface area contributed by atoms with E-state index in [4.69, 9.17) is 9.15 Å². The number of hydrogen-bond acceptors (Lipinski definition) is 6.